The molecule has 164 valence electrons. The molecule has 0 atom stereocenters. The van der Waals surface area contributed by atoms with E-state index < -0.39 is 5.82 Å². The van der Waals surface area contributed by atoms with Crippen molar-refractivity contribution >= 4 is 22.8 Å². The average Bonchev–Trinajstić information content (AvgIpc) is 3.25. The third-order valence-corrected chi connectivity index (χ3v) is 6.03. The molecule has 6 nitrogen and oxygen atoms in total. The molecule has 0 unspecified atom stereocenters. The van der Waals surface area contributed by atoms with Crippen LogP contribution in [0.3, 0.4) is 0 Å². The molecular weight excluding hydrogens is 437 g/mol. The number of ether oxygens (including phenoxy) is 1. The summed E-state index contributed by atoms with van der Waals surface area (Å²) in [6.07, 6.45) is 0. The molecular formula is C25H20FN5OS. The number of nitrogens with zero attached hydrogens (tertiary/aromatic N) is 5. The van der Waals surface area contributed by atoms with Crippen molar-refractivity contribution < 1.29 is 9.13 Å². The zero-order chi connectivity index (χ0) is 22.6. The summed E-state index contributed by atoms with van der Waals surface area (Å²) in [4.78, 5) is 9.45. The Hall–Kier alpha value is -3.78. The van der Waals surface area contributed by atoms with Crippen LogP contribution < -0.4 is 4.74 Å². The maximum atomic E-state index is 14.0. The van der Waals surface area contributed by atoms with Gasteiger partial charge in [0.05, 0.1) is 22.4 Å². The lowest BCUT2D eigenvalue weighted by atomic mass is 10.2. The second kappa shape index (κ2) is 9.38. The lowest BCUT2D eigenvalue weighted by Gasteiger charge is -2.12. The molecule has 0 fully saturated rings. The Kier molecular flexibility index (Phi) is 5.99. The first-order chi connectivity index (χ1) is 16.2. The van der Waals surface area contributed by atoms with Crippen LogP contribution in [0.4, 0.5) is 4.39 Å². The number of aryl methyl sites for hydroxylation is 1. The van der Waals surface area contributed by atoms with E-state index in [9.17, 15) is 4.39 Å². The summed E-state index contributed by atoms with van der Waals surface area (Å²) in [7, 11) is 0. The summed E-state index contributed by atoms with van der Waals surface area (Å²) < 4.78 is 21.6. The maximum Gasteiger partial charge on any atom is 0.196 e. The van der Waals surface area contributed by atoms with Gasteiger partial charge in [-0.2, -0.15) is 0 Å². The van der Waals surface area contributed by atoms with Crippen LogP contribution in [0, 0.1) is 12.7 Å². The van der Waals surface area contributed by atoms with Crippen molar-refractivity contribution in [3.63, 3.8) is 0 Å². The van der Waals surface area contributed by atoms with Crippen molar-refractivity contribution in [2.75, 3.05) is 0 Å². The van der Waals surface area contributed by atoms with Gasteiger partial charge in [0.25, 0.3) is 0 Å². The molecule has 3 aromatic carbocycles. The Bertz CT molecular complexity index is 1410. The van der Waals surface area contributed by atoms with Crippen molar-refractivity contribution in [2.45, 2.75) is 24.4 Å². The van der Waals surface area contributed by atoms with Gasteiger partial charge in [0.2, 0.25) is 0 Å². The number of rotatable bonds is 7. The van der Waals surface area contributed by atoms with Crippen molar-refractivity contribution in [1.29, 1.82) is 0 Å². The fraction of sp³-hybridized carbons (Fsp3) is 0.120. The van der Waals surface area contributed by atoms with Gasteiger partial charge >= 0.3 is 0 Å². The standard InChI is InChI=1S/C25H20FN5OS/c1-17-22(28-21-13-7-6-12-20(21)27-17)16-33-25-30-29-24(31(25)18-9-3-2-4-10-18)15-32-23-14-8-5-11-19(23)26/h2-14H,15-16H2,1H3. The minimum absolute atomic E-state index is 0.0815. The molecule has 8 heteroatoms. The zero-order valence-electron chi connectivity index (χ0n) is 17.9. The molecule has 33 heavy (non-hydrogen) atoms. The number of hydrogen-bond donors (Lipinski definition) is 0. The predicted molar refractivity (Wildman–Crippen MR) is 126 cm³/mol. The number of fused-ring (bicyclic) bond motifs is 1. The molecule has 0 amide bonds. The molecule has 0 N–H and O–H groups in total. The van der Waals surface area contributed by atoms with Crippen molar-refractivity contribution in [3.05, 3.63) is 102 Å². The van der Waals surface area contributed by atoms with E-state index in [1.54, 1.807) is 18.2 Å². The number of halogens is 1. The number of benzene rings is 3. The molecule has 0 radical (unpaired) electrons. The molecule has 5 aromatic rings. The van der Waals surface area contributed by atoms with E-state index in [2.05, 4.69) is 15.2 Å². The maximum absolute atomic E-state index is 14.0. The average molecular weight is 458 g/mol. The van der Waals surface area contributed by atoms with E-state index >= 15 is 0 Å². The zero-order valence-corrected chi connectivity index (χ0v) is 18.7. The third kappa shape index (κ3) is 4.56. The van der Waals surface area contributed by atoms with Crippen LogP contribution in [-0.4, -0.2) is 24.7 Å². The van der Waals surface area contributed by atoms with E-state index in [0.717, 1.165) is 28.1 Å². The van der Waals surface area contributed by atoms with Crippen LogP contribution in [0.25, 0.3) is 16.7 Å². The number of hydrogen-bond acceptors (Lipinski definition) is 6. The second-order valence-electron chi connectivity index (χ2n) is 7.32. The van der Waals surface area contributed by atoms with Gasteiger partial charge in [0.1, 0.15) is 6.61 Å². The summed E-state index contributed by atoms with van der Waals surface area (Å²) in [6, 6.07) is 23.9. The Labute approximate surface area is 194 Å². The van der Waals surface area contributed by atoms with E-state index in [-0.39, 0.29) is 12.4 Å². The fourth-order valence-electron chi connectivity index (χ4n) is 3.42. The van der Waals surface area contributed by atoms with E-state index in [0.29, 0.717) is 16.7 Å². The summed E-state index contributed by atoms with van der Waals surface area (Å²) in [5, 5.41) is 9.42. The molecule has 0 aliphatic heterocycles. The molecule has 0 spiro atoms. The second-order valence-corrected chi connectivity index (χ2v) is 8.26. The summed E-state index contributed by atoms with van der Waals surface area (Å²) in [6.45, 7) is 2.04. The first-order valence-electron chi connectivity index (χ1n) is 10.4. The number of thioether (sulfide) groups is 1. The summed E-state index contributed by atoms with van der Waals surface area (Å²) in [5.74, 6) is 0.927. The van der Waals surface area contributed by atoms with Gasteiger partial charge < -0.3 is 4.74 Å². The Balaban J connectivity index is 1.43. The molecule has 2 heterocycles. The van der Waals surface area contributed by atoms with Crippen LogP contribution in [-0.2, 0) is 12.4 Å². The SMILES string of the molecule is Cc1nc2ccccc2nc1CSc1nnc(COc2ccccc2F)n1-c1ccccc1. The van der Waals surface area contributed by atoms with Gasteiger partial charge in [-0.15, -0.1) is 10.2 Å². The monoisotopic (exact) mass is 457 g/mol. The number of para-hydroxylation sites is 4. The predicted octanol–water partition coefficient (Wildman–Crippen LogP) is 5.53. The van der Waals surface area contributed by atoms with E-state index in [1.165, 1.54) is 17.8 Å². The van der Waals surface area contributed by atoms with Gasteiger partial charge in [-0.3, -0.25) is 4.57 Å². The lowest BCUT2D eigenvalue weighted by Crippen LogP contribution is -2.07. The molecule has 0 aliphatic carbocycles. The van der Waals surface area contributed by atoms with Crippen molar-refractivity contribution in [1.82, 2.24) is 24.7 Å². The van der Waals surface area contributed by atoms with Crippen LogP contribution in [0.2, 0.25) is 0 Å². The largest absolute Gasteiger partial charge is 0.483 e. The highest BCUT2D eigenvalue weighted by molar-refractivity contribution is 7.98. The van der Waals surface area contributed by atoms with Gasteiger partial charge in [0, 0.05) is 11.4 Å². The van der Waals surface area contributed by atoms with Crippen molar-refractivity contribution in [3.8, 4) is 11.4 Å². The smallest absolute Gasteiger partial charge is 0.196 e. The molecule has 0 saturated heterocycles. The molecule has 0 aliphatic rings. The topological polar surface area (TPSA) is 65.7 Å². The Morgan fingerprint density at radius 3 is 2.33 bits per heavy atom. The van der Waals surface area contributed by atoms with E-state index in [4.69, 9.17) is 9.72 Å². The Morgan fingerprint density at radius 1 is 0.848 bits per heavy atom. The highest BCUT2D eigenvalue weighted by atomic mass is 32.2. The van der Waals surface area contributed by atoms with Crippen LogP contribution in [0.5, 0.6) is 5.75 Å². The quantitative estimate of drug-likeness (QED) is 0.300. The Morgan fingerprint density at radius 2 is 1.55 bits per heavy atom. The normalized spacial score (nSPS) is 11.1. The summed E-state index contributed by atoms with van der Waals surface area (Å²) in [5.41, 5.74) is 4.42. The highest BCUT2D eigenvalue weighted by Crippen LogP contribution is 2.27. The first-order valence-corrected chi connectivity index (χ1v) is 11.4. The summed E-state index contributed by atoms with van der Waals surface area (Å²) >= 11 is 1.52. The molecule has 5 rings (SSSR count). The van der Waals surface area contributed by atoms with Crippen LogP contribution in [0.15, 0.2) is 84.0 Å². The minimum atomic E-state index is -0.414. The van der Waals surface area contributed by atoms with Gasteiger partial charge in [0.15, 0.2) is 22.5 Å². The van der Waals surface area contributed by atoms with Gasteiger partial charge in [-0.1, -0.05) is 54.2 Å². The van der Waals surface area contributed by atoms with Crippen LogP contribution >= 0.6 is 11.8 Å². The molecule has 2 aromatic heterocycles. The fourth-order valence-corrected chi connectivity index (χ4v) is 4.40. The van der Waals surface area contributed by atoms with Crippen LogP contribution in [0.1, 0.15) is 17.2 Å². The van der Waals surface area contributed by atoms with E-state index in [1.807, 2.05) is 66.1 Å². The van der Waals surface area contributed by atoms with Crippen molar-refractivity contribution in [2.24, 2.45) is 0 Å². The third-order valence-electron chi connectivity index (χ3n) is 5.09. The molecule has 0 bridgehead atoms. The molecule has 0 saturated carbocycles. The highest BCUT2D eigenvalue weighted by Gasteiger charge is 2.17. The minimum Gasteiger partial charge on any atom is -0.483 e. The van der Waals surface area contributed by atoms with Gasteiger partial charge in [-0.05, 0) is 43.3 Å². The first kappa shape index (κ1) is 21.1. The number of aromatic nitrogens is 5. The lowest BCUT2D eigenvalue weighted by molar-refractivity contribution is 0.278. The van der Waals surface area contributed by atoms with Gasteiger partial charge in [-0.25, -0.2) is 14.4 Å².